The molecule has 0 aromatic heterocycles. The molecular weight excluding hydrogens is 396 g/mol. The number of hydroxylamine groups is 1. The maximum atomic E-state index is 13.1. The van der Waals surface area contributed by atoms with E-state index in [2.05, 4.69) is 0 Å². The second kappa shape index (κ2) is 9.25. The summed E-state index contributed by atoms with van der Waals surface area (Å²) in [5.74, 6) is 1.07. The number of methoxy groups -OCH3 is 1. The van der Waals surface area contributed by atoms with Crippen molar-refractivity contribution < 1.29 is 27.9 Å². The number of carbonyl (C=O) groups excluding carboxylic acids is 1. The van der Waals surface area contributed by atoms with E-state index in [4.69, 9.17) is 14.7 Å². The fourth-order valence-electron chi connectivity index (χ4n) is 3.30. The molecule has 0 unspecified atom stereocenters. The van der Waals surface area contributed by atoms with Crippen molar-refractivity contribution in [1.82, 2.24) is 9.79 Å². The first kappa shape index (κ1) is 21.1. The van der Waals surface area contributed by atoms with Gasteiger partial charge in [0, 0.05) is 6.54 Å². The molecule has 29 heavy (non-hydrogen) atoms. The normalized spacial score (nSPS) is 17.9. The second-order valence-corrected chi connectivity index (χ2v) is 8.60. The fraction of sp³-hybridized carbons (Fsp3) is 0.350. The summed E-state index contributed by atoms with van der Waals surface area (Å²) in [7, 11) is -2.32. The van der Waals surface area contributed by atoms with E-state index in [-0.39, 0.29) is 11.4 Å². The summed E-state index contributed by atoms with van der Waals surface area (Å²) < 4.78 is 38.2. The average molecular weight is 420 g/mol. The van der Waals surface area contributed by atoms with Gasteiger partial charge in [-0.25, -0.2) is 13.9 Å². The van der Waals surface area contributed by atoms with Crippen molar-refractivity contribution in [3.63, 3.8) is 0 Å². The fourth-order valence-corrected chi connectivity index (χ4v) is 4.96. The third kappa shape index (κ3) is 4.87. The summed E-state index contributed by atoms with van der Waals surface area (Å²) in [6, 6.07) is 12.1. The molecule has 3 rings (SSSR count). The Hall–Kier alpha value is -2.62. The standard InChI is InChI=1S/C20H24N2O6S/c1-27-15-6-8-16(9-7-15)28-17-10-12-18(13-11-17)29(25,26)22-14-4-2-3-5-19(22)20(23)21-24/h6-13,19,24H,2-5,14H2,1H3,(H,21,23)/t19-/m1/s1. The van der Waals surface area contributed by atoms with Crippen molar-refractivity contribution >= 4 is 15.9 Å². The van der Waals surface area contributed by atoms with Gasteiger partial charge in [-0.05, 0) is 61.4 Å². The number of amides is 1. The van der Waals surface area contributed by atoms with Crippen LogP contribution in [0.4, 0.5) is 0 Å². The van der Waals surface area contributed by atoms with E-state index in [0.717, 1.165) is 12.8 Å². The molecule has 1 saturated heterocycles. The Morgan fingerprint density at radius 3 is 2.17 bits per heavy atom. The Morgan fingerprint density at radius 1 is 1.00 bits per heavy atom. The van der Waals surface area contributed by atoms with Crippen LogP contribution in [0.2, 0.25) is 0 Å². The maximum Gasteiger partial charge on any atom is 0.261 e. The van der Waals surface area contributed by atoms with Crippen molar-refractivity contribution in [2.24, 2.45) is 0 Å². The van der Waals surface area contributed by atoms with Crippen molar-refractivity contribution in [3.05, 3.63) is 48.5 Å². The van der Waals surface area contributed by atoms with Crippen LogP contribution in [0.1, 0.15) is 25.7 Å². The Labute approximate surface area is 170 Å². The van der Waals surface area contributed by atoms with Crippen LogP contribution in [-0.2, 0) is 14.8 Å². The first-order valence-electron chi connectivity index (χ1n) is 9.33. The molecule has 1 fully saturated rings. The molecule has 0 aliphatic carbocycles. The molecule has 1 aliphatic rings. The summed E-state index contributed by atoms with van der Waals surface area (Å²) in [4.78, 5) is 12.1. The van der Waals surface area contributed by atoms with Crippen LogP contribution in [0.3, 0.4) is 0 Å². The van der Waals surface area contributed by atoms with Gasteiger partial charge in [0.25, 0.3) is 5.91 Å². The molecule has 1 aliphatic heterocycles. The van der Waals surface area contributed by atoms with Gasteiger partial charge in [0.1, 0.15) is 23.3 Å². The van der Waals surface area contributed by atoms with Crippen molar-refractivity contribution in [2.75, 3.05) is 13.7 Å². The van der Waals surface area contributed by atoms with Crippen LogP contribution < -0.4 is 15.0 Å². The Bertz CT molecular complexity index is 928. The lowest BCUT2D eigenvalue weighted by Gasteiger charge is -2.27. The third-order valence-corrected chi connectivity index (χ3v) is 6.76. The van der Waals surface area contributed by atoms with E-state index in [1.807, 2.05) is 0 Å². The van der Waals surface area contributed by atoms with Gasteiger partial charge >= 0.3 is 0 Å². The number of hydrogen-bond donors (Lipinski definition) is 2. The molecule has 1 heterocycles. The second-order valence-electron chi connectivity index (χ2n) is 6.71. The van der Waals surface area contributed by atoms with Crippen LogP contribution >= 0.6 is 0 Å². The molecule has 9 heteroatoms. The minimum atomic E-state index is -3.90. The minimum absolute atomic E-state index is 0.0669. The lowest BCUT2D eigenvalue weighted by Crippen LogP contribution is -2.48. The highest BCUT2D eigenvalue weighted by Gasteiger charge is 2.36. The van der Waals surface area contributed by atoms with Crippen LogP contribution in [-0.4, -0.2) is 43.5 Å². The SMILES string of the molecule is COc1ccc(Oc2ccc(S(=O)(=O)N3CCCCC[C@@H]3C(=O)NO)cc2)cc1. The van der Waals surface area contributed by atoms with E-state index in [1.165, 1.54) is 16.4 Å². The highest BCUT2D eigenvalue weighted by Crippen LogP contribution is 2.28. The van der Waals surface area contributed by atoms with Gasteiger partial charge in [-0.15, -0.1) is 0 Å². The van der Waals surface area contributed by atoms with E-state index in [9.17, 15) is 13.2 Å². The van der Waals surface area contributed by atoms with Gasteiger partial charge in [-0.2, -0.15) is 4.31 Å². The van der Waals surface area contributed by atoms with E-state index in [0.29, 0.717) is 30.1 Å². The summed E-state index contributed by atoms with van der Waals surface area (Å²) >= 11 is 0. The molecular formula is C20H24N2O6S. The van der Waals surface area contributed by atoms with Gasteiger partial charge in [-0.3, -0.25) is 10.0 Å². The van der Waals surface area contributed by atoms with Gasteiger partial charge in [0.15, 0.2) is 0 Å². The van der Waals surface area contributed by atoms with E-state index < -0.39 is 22.0 Å². The number of rotatable bonds is 6. The largest absolute Gasteiger partial charge is 0.497 e. The maximum absolute atomic E-state index is 13.1. The number of nitrogens with one attached hydrogen (secondary N) is 1. The number of benzene rings is 2. The number of carbonyl (C=O) groups is 1. The van der Waals surface area contributed by atoms with Crippen molar-refractivity contribution in [1.29, 1.82) is 0 Å². The number of nitrogens with zero attached hydrogens (tertiary/aromatic N) is 1. The van der Waals surface area contributed by atoms with Crippen molar-refractivity contribution in [2.45, 2.75) is 36.6 Å². The third-order valence-electron chi connectivity index (χ3n) is 4.84. The minimum Gasteiger partial charge on any atom is -0.497 e. The smallest absolute Gasteiger partial charge is 0.261 e. The lowest BCUT2D eigenvalue weighted by molar-refractivity contribution is -0.133. The molecule has 1 atom stereocenters. The first-order valence-corrected chi connectivity index (χ1v) is 10.8. The Balaban J connectivity index is 1.80. The summed E-state index contributed by atoms with van der Waals surface area (Å²) in [5.41, 5.74) is 1.59. The van der Waals surface area contributed by atoms with Crippen LogP contribution in [0, 0.1) is 0 Å². The number of hydrogen-bond acceptors (Lipinski definition) is 6. The van der Waals surface area contributed by atoms with Crippen molar-refractivity contribution in [3.8, 4) is 17.2 Å². The molecule has 2 aromatic rings. The number of ether oxygens (including phenoxy) is 2. The van der Waals surface area contributed by atoms with Gasteiger partial charge in [-0.1, -0.05) is 12.8 Å². The number of sulfonamides is 1. The molecule has 2 N–H and O–H groups in total. The molecule has 1 amide bonds. The lowest BCUT2D eigenvalue weighted by atomic mass is 10.1. The van der Waals surface area contributed by atoms with E-state index in [1.54, 1.807) is 49.0 Å². The van der Waals surface area contributed by atoms with Crippen LogP contribution in [0.15, 0.2) is 53.4 Å². The Kier molecular flexibility index (Phi) is 6.73. The topological polar surface area (TPSA) is 105 Å². The molecule has 0 spiro atoms. The Morgan fingerprint density at radius 2 is 1.59 bits per heavy atom. The average Bonchev–Trinajstić information content (AvgIpc) is 3.01. The molecule has 2 aromatic carbocycles. The summed E-state index contributed by atoms with van der Waals surface area (Å²) in [6.45, 7) is 0.227. The molecule has 0 saturated carbocycles. The molecule has 0 radical (unpaired) electrons. The molecule has 156 valence electrons. The predicted molar refractivity (Wildman–Crippen MR) is 106 cm³/mol. The zero-order valence-corrected chi connectivity index (χ0v) is 16.9. The summed E-state index contributed by atoms with van der Waals surface area (Å²) in [5, 5.41) is 9.00. The monoisotopic (exact) mass is 420 g/mol. The molecule has 8 nitrogen and oxygen atoms in total. The van der Waals surface area contributed by atoms with E-state index >= 15 is 0 Å². The zero-order valence-electron chi connectivity index (χ0n) is 16.1. The van der Waals surface area contributed by atoms with Gasteiger partial charge in [0.2, 0.25) is 10.0 Å². The van der Waals surface area contributed by atoms with Gasteiger partial charge < -0.3 is 9.47 Å². The van der Waals surface area contributed by atoms with Crippen LogP contribution in [0.5, 0.6) is 17.2 Å². The summed E-state index contributed by atoms with van der Waals surface area (Å²) in [6.07, 6.45) is 2.58. The predicted octanol–water partition coefficient (Wildman–Crippen LogP) is 2.93. The molecule has 0 bridgehead atoms. The highest BCUT2D eigenvalue weighted by atomic mass is 32.2. The zero-order chi connectivity index (χ0) is 20.9. The highest BCUT2D eigenvalue weighted by molar-refractivity contribution is 7.89. The first-order chi connectivity index (χ1) is 14.0. The van der Waals surface area contributed by atoms with Crippen LogP contribution in [0.25, 0.3) is 0 Å². The quantitative estimate of drug-likeness (QED) is 0.550. The van der Waals surface area contributed by atoms with Gasteiger partial charge in [0.05, 0.1) is 12.0 Å².